The number of rotatable bonds is 6. The molecule has 1 unspecified atom stereocenters. The molecule has 0 aliphatic heterocycles. The fourth-order valence-corrected chi connectivity index (χ4v) is 3.37. The molecule has 110 valence electrons. The van der Waals surface area contributed by atoms with Crippen molar-refractivity contribution in [2.75, 3.05) is 18.0 Å². The summed E-state index contributed by atoms with van der Waals surface area (Å²) in [6.07, 6.45) is 8.22. The number of hydrogen-bond acceptors (Lipinski definition) is 4. The molecule has 1 heterocycles. The molecule has 0 bridgehead atoms. The minimum Gasteiger partial charge on any atom is -0.311 e. The first-order valence-corrected chi connectivity index (χ1v) is 8.17. The number of amides is 1. The van der Waals surface area contributed by atoms with Crippen LogP contribution in [-0.4, -0.2) is 24.0 Å². The summed E-state index contributed by atoms with van der Waals surface area (Å²) in [5.41, 5.74) is 1.02. The molecular weight excluding hydrogens is 270 g/mol. The van der Waals surface area contributed by atoms with Gasteiger partial charge in [-0.2, -0.15) is 0 Å². The zero-order chi connectivity index (χ0) is 14.4. The maximum atomic E-state index is 11.5. The molecule has 20 heavy (non-hydrogen) atoms. The van der Waals surface area contributed by atoms with Crippen LogP contribution in [0.25, 0.3) is 0 Å². The van der Waals surface area contributed by atoms with Gasteiger partial charge >= 0.3 is 0 Å². The van der Waals surface area contributed by atoms with Gasteiger partial charge in [0.15, 0.2) is 5.13 Å². The summed E-state index contributed by atoms with van der Waals surface area (Å²) in [6.45, 7) is 6.05. The Labute approximate surface area is 124 Å². The average Bonchev–Trinajstić information content (AvgIpc) is 2.89. The maximum absolute atomic E-state index is 11.5. The van der Waals surface area contributed by atoms with Gasteiger partial charge in [-0.05, 0) is 38.6 Å². The molecule has 2 rings (SSSR count). The van der Waals surface area contributed by atoms with Crippen molar-refractivity contribution in [1.82, 2.24) is 10.3 Å². The van der Waals surface area contributed by atoms with E-state index in [1.165, 1.54) is 30.6 Å². The quantitative estimate of drug-likeness (QED) is 0.820. The molecule has 0 spiro atoms. The lowest BCUT2D eigenvalue weighted by atomic mass is 9.94. The summed E-state index contributed by atoms with van der Waals surface area (Å²) in [5, 5.41) is 6.32. The van der Waals surface area contributed by atoms with Crippen molar-refractivity contribution in [2.24, 2.45) is 5.92 Å². The molecule has 1 aliphatic rings. The Morgan fingerprint density at radius 1 is 1.55 bits per heavy atom. The van der Waals surface area contributed by atoms with E-state index >= 15 is 0 Å². The second-order valence-electron chi connectivity index (χ2n) is 5.17. The number of anilines is 1. The second-order valence-corrected chi connectivity index (χ2v) is 6.00. The average molecular weight is 293 g/mol. The van der Waals surface area contributed by atoms with Crippen molar-refractivity contribution in [3.05, 3.63) is 23.2 Å². The van der Waals surface area contributed by atoms with Crippen molar-refractivity contribution in [3.8, 4) is 0 Å². The van der Waals surface area contributed by atoms with Crippen LogP contribution in [0.4, 0.5) is 5.13 Å². The minimum absolute atomic E-state index is 0.0513. The van der Waals surface area contributed by atoms with E-state index in [0.717, 1.165) is 29.8 Å². The number of carbonyl (C=O) groups is 1. The third kappa shape index (κ3) is 4.15. The summed E-state index contributed by atoms with van der Waals surface area (Å²) in [4.78, 5) is 17.7. The Morgan fingerprint density at radius 3 is 3.05 bits per heavy atom. The smallest absolute Gasteiger partial charge is 0.225 e. The molecule has 1 N–H and O–H groups in total. The van der Waals surface area contributed by atoms with E-state index in [1.54, 1.807) is 11.8 Å². The predicted molar refractivity (Wildman–Crippen MR) is 84.0 cm³/mol. The van der Waals surface area contributed by atoms with Gasteiger partial charge in [0.05, 0.1) is 5.69 Å². The molecule has 1 aromatic rings. The molecule has 5 heteroatoms. The summed E-state index contributed by atoms with van der Waals surface area (Å²) in [5.74, 6) is 0.804. The van der Waals surface area contributed by atoms with Crippen LogP contribution in [0.5, 0.6) is 0 Å². The Morgan fingerprint density at radius 2 is 2.40 bits per heavy atom. The number of aromatic nitrogens is 1. The normalized spacial score (nSPS) is 18.2. The van der Waals surface area contributed by atoms with Crippen LogP contribution in [0.3, 0.4) is 0 Å². The molecule has 1 amide bonds. The van der Waals surface area contributed by atoms with Gasteiger partial charge in [0.25, 0.3) is 0 Å². The Kier molecular flexibility index (Phi) is 5.73. The van der Waals surface area contributed by atoms with Crippen LogP contribution < -0.4 is 10.2 Å². The first kappa shape index (κ1) is 15.2. The molecule has 1 atom stereocenters. The van der Waals surface area contributed by atoms with Gasteiger partial charge in [0.2, 0.25) is 5.91 Å². The molecule has 0 aromatic carbocycles. The maximum Gasteiger partial charge on any atom is 0.225 e. The predicted octanol–water partition coefficient (Wildman–Crippen LogP) is 2.96. The summed E-state index contributed by atoms with van der Waals surface area (Å²) in [7, 11) is 0. The first-order chi connectivity index (χ1) is 9.70. The molecule has 0 fully saturated rings. The van der Waals surface area contributed by atoms with E-state index in [4.69, 9.17) is 0 Å². The number of carbonyl (C=O) groups excluding carboxylic acids is 1. The molecular formula is C15H23N3OS. The van der Waals surface area contributed by atoms with Crippen LogP contribution in [-0.2, 0) is 11.3 Å². The molecule has 0 saturated carbocycles. The lowest BCUT2D eigenvalue weighted by Gasteiger charge is -2.17. The number of thiazole rings is 1. The van der Waals surface area contributed by atoms with Crippen molar-refractivity contribution in [1.29, 1.82) is 0 Å². The lowest BCUT2D eigenvalue weighted by molar-refractivity contribution is -0.116. The van der Waals surface area contributed by atoms with E-state index in [1.807, 2.05) is 12.3 Å². The van der Waals surface area contributed by atoms with Crippen LogP contribution >= 0.6 is 11.3 Å². The van der Waals surface area contributed by atoms with Gasteiger partial charge in [-0.1, -0.05) is 12.2 Å². The first-order valence-electron chi connectivity index (χ1n) is 7.29. The largest absolute Gasteiger partial charge is 0.311 e. The Bertz CT molecular complexity index is 469. The monoisotopic (exact) mass is 293 g/mol. The van der Waals surface area contributed by atoms with Gasteiger partial charge in [0, 0.05) is 25.4 Å². The lowest BCUT2D eigenvalue weighted by Crippen LogP contribution is -2.28. The molecule has 0 saturated heterocycles. The zero-order valence-electron chi connectivity index (χ0n) is 12.3. The second kappa shape index (κ2) is 7.55. The SMILES string of the molecule is CCN(C(C)=O)c1nc(CNCC2CC=CCC2)cs1. The fourth-order valence-electron chi connectivity index (χ4n) is 2.44. The van der Waals surface area contributed by atoms with Gasteiger partial charge in [-0.25, -0.2) is 4.98 Å². The number of nitrogens with zero attached hydrogens (tertiary/aromatic N) is 2. The third-order valence-electron chi connectivity index (χ3n) is 3.58. The summed E-state index contributed by atoms with van der Waals surface area (Å²) in [6, 6.07) is 0. The third-order valence-corrected chi connectivity index (χ3v) is 4.50. The topological polar surface area (TPSA) is 45.2 Å². The van der Waals surface area contributed by atoms with Crippen LogP contribution in [0.1, 0.15) is 38.8 Å². The van der Waals surface area contributed by atoms with E-state index in [0.29, 0.717) is 6.54 Å². The van der Waals surface area contributed by atoms with E-state index in [2.05, 4.69) is 22.5 Å². The molecule has 1 aliphatic carbocycles. The fraction of sp³-hybridized carbons (Fsp3) is 0.600. The van der Waals surface area contributed by atoms with Crippen molar-refractivity contribution in [2.45, 2.75) is 39.7 Å². The van der Waals surface area contributed by atoms with E-state index in [-0.39, 0.29) is 5.91 Å². The van der Waals surface area contributed by atoms with Crippen molar-refractivity contribution < 1.29 is 4.79 Å². The minimum atomic E-state index is 0.0513. The summed E-state index contributed by atoms with van der Waals surface area (Å²) < 4.78 is 0. The highest BCUT2D eigenvalue weighted by atomic mass is 32.1. The van der Waals surface area contributed by atoms with Crippen LogP contribution in [0, 0.1) is 5.92 Å². The number of allylic oxidation sites excluding steroid dienone is 2. The van der Waals surface area contributed by atoms with Gasteiger partial charge in [-0.3, -0.25) is 9.69 Å². The van der Waals surface area contributed by atoms with E-state index in [9.17, 15) is 4.79 Å². The van der Waals surface area contributed by atoms with Crippen molar-refractivity contribution >= 4 is 22.4 Å². The zero-order valence-corrected chi connectivity index (χ0v) is 13.1. The van der Waals surface area contributed by atoms with Crippen LogP contribution in [0.2, 0.25) is 0 Å². The van der Waals surface area contributed by atoms with Gasteiger partial charge < -0.3 is 5.32 Å². The summed E-state index contributed by atoms with van der Waals surface area (Å²) >= 11 is 1.54. The molecule has 4 nitrogen and oxygen atoms in total. The number of hydrogen-bond donors (Lipinski definition) is 1. The van der Waals surface area contributed by atoms with E-state index < -0.39 is 0 Å². The van der Waals surface area contributed by atoms with Gasteiger partial charge in [-0.15, -0.1) is 11.3 Å². The highest BCUT2D eigenvalue weighted by Crippen LogP contribution is 2.21. The standard InChI is InChI=1S/C15H23N3OS/c1-3-18(12(2)19)15-17-14(11-20-15)10-16-9-13-7-5-4-6-8-13/h4-5,11,13,16H,3,6-10H2,1-2H3. The van der Waals surface area contributed by atoms with Crippen LogP contribution in [0.15, 0.2) is 17.5 Å². The van der Waals surface area contributed by atoms with Gasteiger partial charge in [0.1, 0.15) is 0 Å². The van der Waals surface area contributed by atoms with Crippen molar-refractivity contribution in [3.63, 3.8) is 0 Å². The Balaban J connectivity index is 1.80. The molecule has 1 aromatic heterocycles. The highest BCUT2D eigenvalue weighted by molar-refractivity contribution is 7.14. The number of nitrogens with one attached hydrogen (secondary N) is 1. The Hall–Kier alpha value is -1.20. The molecule has 0 radical (unpaired) electrons. The highest BCUT2D eigenvalue weighted by Gasteiger charge is 2.14.